The van der Waals surface area contributed by atoms with Crippen LogP contribution in [-0.4, -0.2) is 26.8 Å². The molecule has 1 aromatic rings. The highest BCUT2D eigenvalue weighted by atomic mass is 79.9. The summed E-state index contributed by atoms with van der Waals surface area (Å²) in [5, 5.41) is 0. The van der Waals surface area contributed by atoms with Crippen molar-refractivity contribution in [2.45, 2.75) is 25.8 Å². The predicted molar refractivity (Wildman–Crippen MR) is 80.0 cm³/mol. The van der Waals surface area contributed by atoms with Crippen molar-refractivity contribution in [3.63, 3.8) is 0 Å². The Morgan fingerprint density at radius 3 is 2.45 bits per heavy atom. The van der Waals surface area contributed by atoms with Gasteiger partial charge in [0.1, 0.15) is 0 Å². The largest absolute Gasteiger partial charge is 0.493 e. The van der Waals surface area contributed by atoms with Crippen molar-refractivity contribution in [3.05, 3.63) is 22.2 Å². The second kappa shape index (κ2) is 8.11. The van der Waals surface area contributed by atoms with E-state index in [0.717, 1.165) is 10.0 Å². The van der Waals surface area contributed by atoms with Crippen LogP contribution in [0.4, 0.5) is 0 Å². The third-order valence-electron chi connectivity index (χ3n) is 2.87. The van der Waals surface area contributed by atoms with Crippen LogP contribution in [0.25, 0.3) is 0 Å². The number of rotatable bonds is 7. The summed E-state index contributed by atoms with van der Waals surface area (Å²) in [6.07, 6.45) is 0.794. The highest BCUT2D eigenvalue weighted by molar-refractivity contribution is 9.10. The molecule has 0 fully saturated rings. The fourth-order valence-electron chi connectivity index (χ4n) is 1.82. The monoisotopic (exact) mass is 345 g/mol. The lowest BCUT2D eigenvalue weighted by Crippen LogP contribution is -2.14. The highest BCUT2D eigenvalue weighted by Gasteiger charge is 2.16. The minimum Gasteiger partial charge on any atom is -0.493 e. The van der Waals surface area contributed by atoms with Gasteiger partial charge in [0.05, 0.1) is 20.8 Å². The molecule has 1 rings (SSSR count). The van der Waals surface area contributed by atoms with Gasteiger partial charge in [0.25, 0.3) is 0 Å². The molecule has 6 heteroatoms. The average molecular weight is 346 g/mol. The quantitative estimate of drug-likeness (QED) is 0.769. The standard InChI is InChI=1S/C14H20BrNO4/c1-4-20-14(17)6-5-11(16)9-7-12(18-2)13(19-3)8-10(9)15/h7-8,11H,4-6,16H2,1-3H3. The first kappa shape index (κ1) is 16.8. The number of esters is 1. The highest BCUT2D eigenvalue weighted by Crippen LogP contribution is 2.36. The molecule has 0 amide bonds. The number of nitrogens with two attached hydrogens (primary N) is 1. The third-order valence-corrected chi connectivity index (χ3v) is 3.55. The Morgan fingerprint density at radius 2 is 1.90 bits per heavy atom. The van der Waals surface area contributed by atoms with Crippen molar-refractivity contribution < 1.29 is 19.0 Å². The summed E-state index contributed by atoms with van der Waals surface area (Å²) in [4.78, 5) is 11.4. The molecule has 20 heavy (non-hydrogen) atoms. The minimum atomic E-state index is -0.284. The van der Waals surface area contributed by atoms with Crippen LogP contribution in [0.2, 0.25) is 0 Å². The Morgan fingerprint density at radius 1 is 1.30 bits per heavy atom. The number of hydrogen-bond donors (Lipinski definition) is 1. The SMILES string of the molecule is CCOC(=O)CCC(N)c1cc(OC)c(OC)cc1Br. The second-order valence-electron chi connectivity index (χ2n) is 4.18. The van der Waals surface area contributed by atoms with Gasteiger partial charge in [-0.25, -0.2) is 0 Å². The van der Waals surface area contributed by atoms with E-state index in [0.29, 0.717) is 24.5 Å². The smallest absolute Gasteiger partial charge is 0.305 e. The first-order chi connectivity index (χ1) is 9.53. The summed E-state index contributed by atoms with van der Waals surface area (Å²) in [5.74, 6) is 0.998. The topological polar surface area (TPSA) is 70.8 Å². The number of carbonyl (C=O) groups excluding carboxylic acids is 1. The van der Waals surface area contributed by atoms with E-state index < -0.39 is 0 Å². The molecule has 112 valence electrons. The van der Waals surface area contributed by atoms with E-state index in [-0.39, 0.29) is 18.4 Å². The molecule has 1 atom stereocenters. The molecule has 2 N–H and O–H groups in total. The fourth-order valence-corrected chi connectivity index (χ4v) is 2.43. The van der Waals surface area contributed by atoms with Crippen LogP contribution < -0.4 is 15.2 Å². The van der Waals surface area contributed by atoms with E-state index in [4.69, 9.17) is 19.9 Å². The number of halogens is 1. The molecular weight excluding hydrogens is 326 g/mol. The van der Waals surface area contributed by atoms with Gasteiger partial charge in [0.15, 0.2) is 11.5 Å². The normalized spacial score (nSPS) is 11.8. The van der Waals surface area contributed by atoms with Crippen LogP contribution in [0.1, 0.15) is 31.4 Å². The summed E-state index contributed by atoms with van der Waals surface area (Å²) >= 11 is 3.46. The number of methoxy groups -OCH3 is 2. The summed E-state index contributed by atoms with van der Waals surface area (Å²) in [5.41, 5.74) is 6.99. The number of carbonyl (C=O) groups is 1. The van der Waals surface area contributed by atoms with Crippen LogP contribution in [-0.2, 0) is 9.53 Å². The van der Waals surface area contributed by atoms with Gasteiger partial charge in [-0.15, -0.1) is 0 Å². The van der Waals surface area contributed by atoms with Gasteiger partial charge in [-0.3, -0.25) is 4.79 Å². The van der Waals surface area contributed by atoms with Gasteiger partial charge in [-0.1, -0.05) is 15.9 Å². The molecule has 0 aliphatic heterocycles. The minimum absolute atomic E-state index is 0.237. The fraction of sp³-hybridized carbons (Fsp3) is 0.500. The summed E-state index contributed by atoms with van der Waals surface area (Å²) in [6, 6.07) is 3.34. The number of ether oxygens (including phenoxy) is 3. The van der Waals surface area contributed by atoms with E-state index in [2.05, 4.69) is 15.9 Å². The average Bonchev–Trinajstić information content (AvgIpc) is 2.44. The van der Waals surface area contributed by atoms with Crippen LogP contribution in [0.15, 0.2) is 16.6 Å². The van der Waals surface area contributed by atoms with Gasteiger partial charge in [0.2, 0.25) is 0 Å². The van der Waals surface area contributed by atoms with Crippen molar-refractivity contribution in [1.29, 1.82) is 0 Å². The molecule has 0 aliphatic rings. The molecule has 0 saturated carbocycles. The lowest BCUT2D eigenvalue weighted by Gasteiger charge is -2.16. The van der Waals surface area contributed by atoms with Gasteiger partial charge < -0.3 is 19.9 Å². The first-order valence-corrected chi connectivity index (χ1v) is 7.15. The molecule has 0 radical (unpaired) electrons. The van der Waals surface area contributed by atoms with Gasteiger partial charge in [-0.2, -0.15) is 0 Å². The summed E-state index contributed by atoms with van der Waals surface area (Å²) < 4.78 is 16.2. The lowest BCUT2D eigenvalue weighted by atomic mass is 10.0. The van der Waals surface area contributed by atoms with Crippen molar-refractivity contribution in [3.8, 4) is 11.5 Å². The Labute approximate surface area is 127 Å². The zero-order valence-electron chi connectivity index (χ0n) is 11.9. The molecule has 1 unspecified atom stereocenters. The van der Waals surface area contributed by atoms with Crippen molar-refractivity contribution >= 4 is 21.9 Å². The molecule has 5 nitrogen and oxygen atoms in total. The van der Waals surface area contributed by atoms with E-state index >= 15 is 0 Å². The van der Waals surface area contributed by atoms with Crippen molar-refractivity contribution in [2.75, 3.05) is 20.8 Å². The van der Waals surface area contributed by atoms with Crippen LogP contribution in [0, 0.1) is 0 Å². The molecule has 0 spiro atoms. The Hall–Kier alpha value is -1.27. The molecule has 0 bridgehead atoms. The maximum atomic E-state index is 11.4. The predicted octanol–water partition coefficient (Wildman–Crippen LogP) is 2.81. The number of benzene rings is 1. The zero-order valence-corrected chi connectivity index (χ0v) is 13.5. The van der Waals surface area contributed by atoms with Gasteiger partial charge >= 0.3 is 5.97 Å². The maximum Gasteiger partial charge on any atom is 0.305 e. The zero-order chi connectivity index (χ0) is 15.1. The first-order valence-electron chi connectivity index (χ1n) is 6.36. The molecule has 0 aliphatic carbocycles. The van der Waals surface area contributed by atoms with Crippen molar-refractivity contribution in [2.24, 2.45) is 5.73 Å². The van der Waals surface area contributed by atoms with Crippen LogP contribution >= 0.6 is 15.9 Å². The molecular formula is C14H20BrNO4. The Kier molecular flexibility index (Phi) is 6.81. The molecule has 0 heterocycles. The van der Waals surface area contributed by atoms with Crippen molar-refractivity contribution in [1.82, 2.24) is 0 Å². The molecule has 0 aromatic heterocycles. The summed E-state index contributed by atoms with van der Waals surface area (Å²) in [6.45, 7) is 2.16. The Balaban J connectivity index is 2.82. The maximum absolute atomic E-state index is 11.4. The third kappa shape index (κ3) is 4.38. The van der Waals surface area contributed by atoms with Crippen LogP contribution in [0.3, 0.4) is 0 Å². The second-order valence-corrected chi connectivity index (χ2v) is 5.03. The molecule has 1 aromatic carbocycles. The Bertz CT molecular complexity index is 465. The molecule has 0 saturated heterocycles. The van der Waals surface area contributed by atoms with E-state index in [1.807, 2.05) is 6.07 Å². The lowest BCUT2D eigenvalue weighted by molar-refractivity contribution is -0.143. The van der Waals surface area contributed by atoms with E-state index in [9.17, 15) is 4.79 Å². The van der Waals surface area contributed by atoms with E-state index in [1.54, 1.807) is 27.2 Å². The van der Waals surface area contributed by atoms with Gasteiger partial charge in [-0.05, 0) is 31.0 Å². The van der Waals surface area contributed by atoms with Crippen LogP contribution in [0.5, 0.6) is 11.5 Å². The summed E-state index contributed by atoms with van der Waals surface area (Å²) in [7, 11) is 3.14. The number of hydrogen-bond acceptors (Lipinski definition) is 5. The van der Waals surface area contributed by atoms with E-state index in [1.165, 1.54) is 0 Å². The van der Waals surface area contributed by atoms with Gasteiger partial charge in [0, 0.05) is 16.9 Å².